The summed E-state index contributed by atoms with van der Waals surface area (Å²) in [5.74, 6) is 0.308. The lowest BCUT2D eigenvalue weighted by atomic mass is 10.1. The third-order valence-electron chi connectivity index (χ3n) is 3.65. The minimum absolute atomic E-state index is 0.140. The minimum atomic E-state index is -0.140. The second-order valence-corrected chi connectivity index (χ2v) is 5.69. The molecule has 114 valence electrons. The monoisotopic (exact) mass is 289 g/mol. The van der Waals surface area contributed by atoms with E-state index in [0.717, 1.165) is 17.1 Å². The van der Waals surface area contributed by atoms with Crippen molar-refractivity contribution < 1.29 is 10.2 Å². The Balaban J connectivity index is 2.32. The molecular formula is C16H23N3O2. The van der Waals surface area contributed by atoms with Crippen LogP contribution in [-0.4, -0.2) is 20.0 Å². The number of aromatic hydroxyl groups is 2. The zero-order valence-corrected chi connectivity index (χ0v) is 13.2. The van der Waals surface area contributed by atoms with Crippen LogP contribution in [0.4, 0.5) is 5.69 Å². The maximum atomic E-state index is 9.94. The Labute approximate surface area is 125 Å². The van der Waals surface area contributed by atoms with E-state index in [1.165, 1.54) is 12.1 Å². The molecule has 1 atom stereocenters. The van der Waals surface area contributed by atoms with Crippen LogP contribution in [0.2, 0.25) is 0 Å². The molecule has 5 nitrogen and oxygen atoms in total. The van der Waals surface area contributed by atoms with Gasteiger partial charge < -0.3 is 15.5 Å². The second-order valence-electron chi connectivity index (χ2n) is 5.69. The van der Waals surface area contributed by atoms with Crippen LogP contribution in [0.15, 0.2) is 18.2 Å². The van der Waals surface area contributed by atoms with Gasteiger partial charge in [-0.1, -0.05) is 0 Å². The number of aryl methyl sites for hydroxylation is 1. The molecule has 21 heavy (non-hydrogen) atoms. The number of phenols is 2. The van der Waals surface area contributed by atoms with Gasteiger partial charge in [-0.2, -0.15) is 5.10 Å². The van der Waals surface area contributed by atoms with Crippen LogP contribution in [0.3, 0.4) is 0 Å². The largest absolute Gasteiger partial charge is 0.508 e. The van der Waals surface area contributed by atoms with E-state index in [-0.39, 0.29) is 17.5 Å². The summed E-state index contributed by atoms with van der Waals surface area (Å²) in [6.07, 6.45) is 0. The highest BCUT2D eigenvalue weighted by atomic mass is 16.3. The third kappa shape index (κ3) is 2.96. The molecule has 0 saturated carbocycles. The number of aromatic nitrogens is 2. The molecule has 0 aliphatic rings. The van der Waals surface area contributed by atoms with E-state index in [2.05, 4.69) is 24.3 Å². The Bertz CT molecular complexity index is 647. The van der Waals surface area contributed by atoms with E-state index < -0.39 is 0 Å². The zero-order valence-electron chi connectivity index (χ0n) is 13.2. The van der Waals surface area contributed by atoms with Crippen LogP contribution >= 0.6 is 0 Å². The number of nitrogens with zero attached hydrogens (tertiary/aromatic N) is 2. The molecule has 0 fully saturated rings. The van der Waals surface area contributed by atoms with Crippen LogP contribution in [0.1, 0.15) is 49.8 Å². The lowest BCUT2D eigenvalue weighted by Gasteiger charge is -2.18. The minimum Gasteiger partial charge on any atom is -0.508 e. The summed E-state index contributed by atoms with van der Waals surface area (Å²) in [6, 6.07) is 4.70. The predicted octanol–water partition coefficient (Wildman–Crippen LogP) is 3.67. The summed E-state index contributed by atoms with van der Waals surface area (Å²) in [7, 11) is 0. The van der Waals surface area contributed by atoms with Crippen LogP contribution < -0.4 is 5.32 Å². The Hall–Kier alpha value is -2.17. The van der Waals surface area contributed by atoms with Crippen molar-refractivity contribution in [3.63, 3.8) is 0 Å². The first-order chi connectivity index (χ1) is 9.81. The van der Waals surface area contributed by atoms with Gasteiger partial charge in [-0.3, -0.25) is 4.68 Å². The van der Waals surface area contributed by atoms with Crippen LogP contribution in [-0.2, 0) is 0 Å². The van der Waals surface area contributed by atoms with Crippen molar-refractivity contribution in [1.82, 2.24) is 9.78 Å². The van der Waals surface area contributed by atoms with Crippen LogP contribution in [0, 0.1) is 13.8 Å². The molecule has 0 aliphatic heterocycles. The van der Waals surface area contributed by atoms with Gasteiger partial charge in [0.05, 0.1) is 23.1 Å². The van der Waals surface area contributed by atoms with Crippen LogP contribution in [0.25, 0.3) is 0 Å². The first-order valence-electron chi connectivity index (χ1n) is 7.15. The van der Waals surface area contributed by atoms with Gasteiger partial charge in [-0.05, 0) is 52.8 Å². The number of hydrogen-bond acceptors (Lipinski definition) is 4. The highest BCUT2D eigenvalue weighted by Gasteiger charge is 2.17. The normalized spacial score (nSPS) is 12.7. The van der Waals surface area contributed by atoms with E-state index >= 15 is 0 Å². The maximum Gasteiger partial charge on any atom is 0.121 e. The standard InChI is InChI=1S/C16H23N3O2/c1-9(2)19-12(5)16(11(4)18-19)17-10(3)14-8-13(20)6-7-15(14)21/h6-10,17,20-21H,1-5H3. The first-order valence-corrected chi connectivity index (χ1v) is 7.15. The highest BCUT2D eigenvalue weighted by molar-refractivity contribution is 5.55. The Morgan fingerprint density at radius 3 is 2.38 bits per heavy atom. The summed E-state index contributed by atoms with van der Waals surface area (Å²) in [4.78, 5) is 0. The maximum absolute atomic E-state index is 9.94. The third-order valence-corrected chi connectivity index (χ3v) is 3.65. The van der Waals surface area contributed by atoms with E-state index in [9.17, 15) is 10.2 Å². The molecule has 1 unspecified atom stereocenters. The fourth-order valence-corrected chi connectivity index (χ4v) is 2.56. The van der Waals surface area contributed by atoms with E-state index in [0.29, 0.717) is 11.6 Å². The molecule has 3 N–H and O–H groups in total. The van der Waals surface area contributed by atoms with E-state index in [4.69, 9.17) is 0 Å². The first kappa shape index (κ1) is 15.2. The Morgan fingerprint density at radius 2 is 1.81 bits per heavy atom. The van der Waals surface area contributed by atoms with Gasteiger partial charge in [0.1, 0.15) is 11.5 Å². The average molecular weight is 289 g/mol. The van der Waals surface area contributed by atoms with Crippen molar-refractivity contribution in [2.75, 3.05) is 5.32 Å². The number of benzene rings is 1. The van der Waals surface area contributed by atoms with Gasteiger partial charge >= 0.3 is 0 Å². The quantitative estimate of drug-likeness (QED) is 0.751. The molecule has 1 heterocycles. The number of nitrogens with one attached hydrogen (secondary N) is 1. The molecule has 0 bridgehead atoms. The molecule has 0 radical (unpaired) electrons. The molecule has 2 rings (SSSR count). The van der Waals surface area contributed by atoms with Crippen molar-refractivity contribution in [1.29, 1.82) is 0 Å². The smallest absolute Gasteiger partial charge is 0.121 e. The number of phenolic OH excluding ortho intramolecular Hbond substituents is 2. The van der Waals surface area contributed by atoms with Gasteiger partial charge in [0.25, 0.3) is 0 Å². The molecule has 0 saturated heterocycles. The van der Waals surface area contributed by atoms with Crippen molar-refractivity contribution in [2.45, 2.75) is 46.7 Å². The van der Waals surface area contributed by atoms with Gasteiger partial charge in [0.15, 0.2) is 0 Å². The predicted molar refractivity (Wildman–Crippen MR) is 83.9 cm³/mol. The lowest BCUT2D eigenvalue weighted by Crippen LogP contribution is -2.09. The number of rotatable bonds is 4. The molecule has 1 aromatic heterocycles. The SMILES string of the molecule is Cc1nn(C(C)C)c(C)c1NC(C)c1cc(O)ccc1O. The van der Waals surface area contributed by atoms with E-state index in [1.54, 1.807) is 6.07 Å². The summed E-state index contributed by atoms with van der Waals surface area (Å²) >= 11 is 0. The fraction of sp³-hybridized carbons (Fsp3) is 0.438. The van der Waals surface area contributed by atoms with Gasteiger partial charge in [-0.25, -0.2) is 0 Å². The van der Waals surface area contributed by atoms with E-state index in [1.807, 2.05) is 25.5 Å². The molecule has 1 aromatic carbocycles. The molecule has 0 amide bonds. The van der Waals surface area contributed by atoms with Gasteiger partial charge in [-0.15, -0.1) is 0 Å². The van der Waals surface area contributed by atoms with Crippen molar-refractivity contribution >= 4 is 5.69 Å². The fourth-order valence-electron chi connectivity index (χ4n) is 2.56. The molecule has 0 spiro atoms. The summed E-state index contributed by atoms with van der Waals surface area (Å²) in [6.45, 7) is 10.1. The molecular weight excluding hydrogens is 266 g/mol. The number of anilines is 1. The number of hydrogen-bond donors (Lipinski definition) is 3. The van der Waals surface area contributed by atoms with Crippen molar-refractivity contribution in [3.8, 4) is 11.5 Å². The van der Waals surface area contributed by atoms with Crippen LogP contribution in [0.5, 0.6) is 11.5 Å². The second kappa shape index (κ2) is 5.68. The molecule has 0 aliphatic carbocycles. The zero-order chi connectivity index (χ0) is 15.7. The van der Waals surface area contributed by atoms with Crippen molar-refractivity contribution in [2.24, 2.45) is 0 Å². The average Bonchev–Trinajstić information content (AvgIpc) is 2.69. The highest BCUT2D eigenvalue weighted by Crippen LogP contribution is 2.32. The van der Waals surface area contributed by atoms with Crippen molar-refractivity contribution in [3.05, 3.63) is 35.2 Å². The Kier molecular flexibility index (Phi) is 4.11. The summed E-state index contributed by atoms with van der Waals surface area (Å²) in [5, 5.41) is 27.4. The molecule has 2 aromatic rings. The summed E-state index contributed by atoms with van der Waals surface area (Å²) < 4.78 is 1.98. The summed E-state index contributed by atoms with van der Waals surface area (Å²) in [5.41, 5.74) is 3.62. The Morgan fingerprint density at radius 1 is 1.14 bits per heavy atom. The van der Waals surface area contributed by atoms with Gasteiger partial charge in [0.2, 0.25) is 0 Å². The topological polar surface area (TPSA) is 70.3 Å². The lowest BCUT2D eigenvalue weighted by molar-refractivity contribution is 0.451. The molecule has 5 heteroatoms. The van der Waals surface area contributed by atoms with Gasteiger partial charge in [0, 0.05) is 11.6 Å².